The van der Waals surface area contributed by atoms with E-state index in [1.165, 1.54) is 6.07 Å². The van der Waals surface area contributed by atoms with Gasteiger partial charge in [0.25, 0.3) is 5.56 Å². The Morgan fingerprint density at radius 1 is 1.11 bits per heavy atom. The summed E-state index contributed by atoms with van der Waals surface area (Å²) in [4.78, 5) is 40.4. The molecule has 3 N–H and O–H groups in total. The normalized spacial score (nSPS) is 16.7. The van der Waals surface area contributed by atoms with E-state index in [2.05, 4.69) is 19.9 Å². The average molecular weight is 494 g/mol. The number of rotatable bonds is 5. The molecule has 3 heterocycles. The number of fused-ring (bicyclic) bond motifs is 2. The number of benzene rings is 2. The fraction of sp³-hybridized carbons (Fsp3) is 0.320. The molecule has 2 aromatic heterocycles. The quantitative estimate of drug-likeness (QED) is 0.397. The first kappa shape index (κ1) is 22.1. The van der Waals surface area contributed by atoms with Gasteiger partial charge in [-0.1, -0.05) is 12.1 Å². The molecule has 1 saturated heterocycles. The number of H-pyrrole nitrogens is 1. The van der Waals surface area contributed by atoms with Crippen molar-refractivity contribution in [1.82, 2.24) is 19.2 Å². The number of hydrogen-bond donors (Lipinski definition) is 3. The Balaban J connectivity index is 1.33. The van der Waals surface area contributed by atoms with Crippen LogP contribution in [-0.2, 0) is 4.79 Å². The number of piperazine rings is 1. The molecule has 6 rings (SSSR count). The first-order valence-corrected chi connectivity index (χ1v) is 12.5. The number of halogens is 1. The van der Waals surface area contributed by atoms with E-state index in [1.54, 1.807) is 30.3 Å². The van der Waals surface area contributed by atoms with Crippen molar-refractivity contribution in [3.63, 3.8) is 0 Å². The van der Waals surface area contributed by atoms with Crippen LogP contribution in [0, 0.1) is 5.82 Å². The largest absolute Gasteiger partial charge is 0.328 e. The number of nitrogens with zero attached hydrogens (tertiary/aromatic N) is 2. The van der Waals surface area contributed by atoms with Crippen molar-refractivity contribution in [3.8, 4) is 11.1 Å². The van der Waals surface area contributed by atoms with Crippen LogP contribution in [0.1, 0.15) is 18.9 Å². The van der Waals surface area contributed by atoms with Crippen LogP contribution in [0.3, 0.4) is 0 Å². The van der Waals surface area contributed by atoms with E-state index >= 15 is 4.39 Å². The summed E-state index contributed by atoms with van der Waals surface area (Å²) in [5.74, 6) is -0.613. The average Bonchev–Trinajstić information content (AvgIpc) is 3.62. The van der Waals surface area contributed by atoms with Crippen molar-refractivity contribution in [2.24, 2.45) is 0 Å². The second-order valence-electron chi connectivity index (χ2n) is 9.14. The third-order valence-electron chi connectivity index (χ3n) is 6.69. The molecular weight excluding hydrogens is 469 g/mol. The monoisotopic (exact) mass is 493 g/mol. The van der Waals surface area contributed by atoms with Crippen LogP contribution >= 0.6 is 11.5 Å². The number of aromatic nitrogens is 2. The van der Waals surface area contributed by atoms with Crippen LogP contribution in [0.5, 0.6) is 0 Å². The molecule has 1 saturated carbocycles. The predicted molar refractivity (Wildman–Crippen MR) is 136 cm³/mol. The Kier molecular flexibility index (Phi) is 5.51. The lowest BCUT2D eigenvalue weighted by Crippen LogP contribution is -2.46. The summed E-state index contributed by atoms with van der Waals surface area (Å²) in [5, 5.41) is 6.48. The molecule has 0 atom stereocenters. The molecular formula is C25H24FN5O3S. The van der Waals surface area contributed by atoms with Gasteiger partial charge in [-0.15, -0.1) is 0 Å². The maximum Gasteiger partial charge on any atom is 0.271 e. The zero-order chi connectivity index (χ0) is 24.1. The predicted octanol–water partition coefficient (Wildman–Crippen LogP) is 2.89. The maximum absolute atomic E-state index is 15.2. The summed E-state index contributed by atoms with van der Waals surface area (Å²) in [5.41, 5.74) is 1.41. The fourth-order valence-electron chi connectivity index (χ4n) is 4.77. The maximum atomic E-state index is 15.2. The van der Waals surface area contributed by atoms with Crippen molar-refractivity contribution in [3.05, 3.63) is 62.8 Å². The highest BCUT2D eigenvalue weighted by molar-refractivity contribution is 7.12. The molecule has 4 aromatic rings. The Bertz CT molecular complexity index is 1560. The molecule has 10 heteroatoms. The minimum atomic E-state index is -0.529. The van der Waals surface area contributed by atoms with Crippen LogP contribution in [0.15, 0.2) is 46.0 Å². The summed E-state index contributed by atoms with van der Waals surface area (Å²) >= 11 is 1.15. The van der Waals surface area contributed by atoms with E-state index in [0.717, 1.165) is 50.6 Å². The minimum Gasteiger partial charge on any atom is -0.328 e. The second-order valence-corrected chi connectivity index (χ2v) is 9.94. The van der Waals surface area contributed by atoms with Crippen molar-refractivity contribution in [2.45, 2.75) is 18.9 Å². The molecule has 0 unspecified atom stereocenters. The van der Waals surface area contributed by atoms with Gasteiger partial charge in [-0.05, 0) is 54.2 Å². The number of anilines is 1. The standard InChI is InChI=1S/C25H24FN5O3S/c26-19-11-18-20(31(16-5-6-16)25-22(23(18)33)24(34)29-35-25)12-17(19)14-1-3-15(4-2-14)28-21(32)13-30-9-7-27-8-10-30/h1-4,11-12,16,27H,5-10,13H2,(H,28,32)(H,29,34). The molecule has 35 heavy (non-hydrogen) atoms. The van der Waals surface area contributed by atoms with E-state index < -0.39 is 16.8 Å². The third-order valence-corrected chi connectivity index (χ3v) is 7.57. The van der Waals surface area contributed by atoms with Gasteiger partial charge in [0.1, 0.15) is 16.0 Å². The lowest BCUT2D eigenvalue weighted by molar-refractivity contribution is -0.117. The van der Waals surface area contributed by atoms with E-state index in [9.17, 15) is 14.4 Å². The summed E-state index contributed by atoms with van der Waals surface area (Å²) in [6.07, 6.45) is 1.91. The Labute approximate surface area is 203 Å². The molecule has 0 bridgehead atoms. The number of nitrogens with one attached hydrogen (secondary N) is 3. The van der Waals surface area contributed by atoms with Gasteiger partial charge in [0, 0.05) is 48.9 Å². The number of carbonyl (C=O) groups is 1. The summed E-state index contributed by atoms with van der Waals surface area (Å²) in [6, 6.07) is 10.2. The van der Waals surface area contributed by atoms with Gasteiger partial charge in [0.15, 0.2) is 0 Å². The molecule has 2 fully saturated rings. The van der Waals surface area contributed by atoms with Gasteiger partial charge in [-0.2, -0.15) is 0 Å². The van der Waals surface area contributed by atoms with Crippen LogP contribution in [0.25, 0.3) is 32.2 Å². The van der Waals surface area contributed by atoms with Gasteiger partial charge in [-0.3, -0.25) is 23.7 Å². The lowest BCUT2D eigenvalue weighted by Gasteiger charge is -2.26. The van der Waals surface area contributed by atoms with E-state index in [-0.39, 0.29) is 22.7 Å². The number of carbonyl (C=O) groups excluding carboxylic acids is 1. The minimum absolute atomic E-state index is 0.0838. The smallest absolute Gasteiger partial charge is 0.271 e. The first-order chi connectivity index (χ1) is 17.0. The summed E-state index contributed by atoms with van der Waals surface area (Å²) in [7, 11) is 0. The first-order valence-electron chi connectivity index (χ1n) is 11.7. The Hall–Kier alpha value is -3.34. The number of pyridine rings is 1. The van der Waals surface area contributed by atoms with E-state index in [0.29, 0.717) is 33.7 Å². The fourth-order valence-corrected chi connectivity index (χ4v) is 5.70. The highest BCUT2D eigenvalue weighted by Crippen LogP contribution is 2.40. The van der Waals surface area contributed by atoms with Crippen molar-refractivity contribution < 1.29 is 9.18 Å². The molecule has 0 radical (unpaired) electrons. The molecule has 0 spiro atoms. The van der Waals surface area contributed by atoms with Gasteiger partial charge < -0.3 is 15.2 Å². The topological polar surface area (TPSA) is 99.2 Å². The SMILES string of the molecule is O=C(CN1CCNCC1)Nc1ccc(-c2cc3c(cc2F)c(=O)c2c(=O)[nH]sc2n3C2CC2)cc1. The molecule has 2 aliphatic rings. The Morgan fingerprint density at radius 3 is 2.57 bits per heavy atom. The van der Waals surface area contributed by atoms with Gasteiger partial charge >= 0.3 is 0 Å². The van der Waals surface area contributed by atoms with Crippen molar-refractivity contribution in [1.29, 1.82) is 0 Å². The van der Waals surface area contributed by atoms with Crippen LogP contribution < -0.4 is 21.6 Å². The van der Waals surface area contributed by atoms with Crippen LogP contribution in [0.4, 0.5) is 10.1 Å². The zero-order valence-corrected chi connectivity index (χ0v) is 19.7. The van der Waals surface area contributed by atoms with E-state index in [1.807, 2.05) is 4.57 Å². The van der Waals surface area contributed by atoms with Gasteiger partial charge in [0.05, 0.1) is 12.1 Å². The van der Waals surface area contributed by atoms with Crippen molar-refractivity contribution >= 4 is 44.2 Å². The summed E-state index contributed by atoms with van der Waals surface area (Å²) in [6.45, 7) is 3.77. The molecule has 1 aliphatic carbocycles. The number of aromatic amines is 1. The highest BCUT2D eigenvalue weighted by Gasteiger charge is 2.29. The van der Waals surface area contributed by atoms with Gasteiger partial charge in [0.2, 0.25) is 11.3 Å². The molecule has 8 nitrogen and oxygen atoms in total. The number of hydrogen-bond acceptors (Lipinski definition) is 6. The zero-order valence-electron chi connectivity index (χ0n) is 18.9. The van der Waals surface area contributed by atoms with Crippen LogP contribution in [-0.4, -0.2) is 52.5 Å². The lowest BCUT2D eigenvalue weighted by atomic mass is 10.0. The molecule has 1 aliphatic heterocycles. The van der Waals surface area contributed by atoms with E-state index in [4.69, 9.17) is 0 Å². The van der Waals surface area contributed by atoms with Gasteiger partial charge in [-0.25, -0.2) is 4.39 Å². The molecule has 2 aromatic carbocycles. The Morgan fingerprint density at radius 2 is 1.86 bits per heavy atom. The second kappa shape index (κ2) is 8.71. The number of amides is 1. The summed E-state index contributed by atoms with van der Waals surface area (Å²) < 4.78 is 19.9. The van der Waals surface area contributed by atoms with Crippen LogP contribution in [0.2, 0.25) is 0 Å². The molecule has 180 valence electrons. The highest BCUT2D eigenvalue weighted by atomic mass is 32.1. The molecule has 1 amide bonds. The third kappa shape index (κ3) is 4.07. The van der Waals surface area contributed by atoms with Crippen molar-refractivity contribution in [2.75, 3.05) is 38.0 Å².